The summed E-state index contributed by atoms with van der Waals surface area (Å²) >= 11 is 3.17. The molecule has 1 N–H and O–H groups in total. The second-order valence-electron chi connectivity index (χ2n) is 3.08. The molecule has 0 saturated carbocycles. The number of aromatic nitrogens is 1. The normalized spacial score (nSPS) is 21.4. The molecule has 1 aliphatic rings. The van der Waals surface area contributed by atoms with Crippen molar-refractivity contribution in [3.05, 3.63) is 15.9 Å². The van der Waals surface area contributed by atoms with E-state index in [2.05, 4.69) is 21.1 Å². The van der Waals surface area contributed by atoms with Gasteiger partial charge < -0.3 is 14.4 Å². The Kier molecular flexibility index (Phi) is 2.56. The highest BCUT2D eigenvalue weighted by molar-refractivity contribution is 9.10. The molecule has 0 amide bonds. The lowest BCUT2D eigenvalue weighted by Gasteiger charge is -2.04. The Morgan fingerprint density at radius 1 is 1.64 bits per heavy atom. The summed E-state index contributed by atoms with van der Waals surface area (Å²) in [6, 6.07) is 0. The Morgan fingerprint density at radius 3 is 3.00 bits per heavy atom. The molecule has 1 unspecified atom stereocenters. The number of rotatable bonds is 2. The van der Waals surface area contributed by atoms with Crippen molar-refractivity contribution in [1.29, 1.82) is 0 Å². The fourth-order valence-corrected chi connectivity index (χ4v) is 2.12. The van der Waals surface area contributed by atoms with Crippen LogP contribution in [0.3, 0.4) is 0 Å². The maximum absolute atomic E-state index is 10.8. The van der Waals surface area contributed by atoms with Crippen LogP contribution in [0.5, 0.6) is 0 Å². The first-order chi connectivity index (χ1) is 6.70. The van der Waals surface area contributed by atoms with Gasteiger partial charge in [-0.3, -0.25) is 0 Å². The van der Waals surface area contributed by atoms with E-state index >= 15 is 0 Å². The van der Waals surface area contributed by atoms with Crippen LogP contribution in [0.1, 0.15) is 28.5 Å². The molecule has 1 aromatic heterocycles. The molecule has 6 heteroatoms. The Hall–Kier alpha value is -0.880. The van der Waals surface area contributed by atoms with Gasteiger partial charge in [0, 0.05) is 18.1 Å². The first-order valence-corrected chi connectivity index (χ1v) is 4.95. The maximum atomic E-state index is 10.8. The average Bonchev–Trinajstić information content (AvgIpc) is 2.71. The number of carboxylic acid groups (broad SMARTS) is 1. The van der Waals surface area contributed by atoms with E-state index in [1.807, 2.05) is 0 Å². The fraction of sp³-hybridized carbons (Fsp3) is 0.500. The zero-order valence-corrected chi connectivity index (χ0v) is 8.78. The molecule has 5 nitrogen and oxygen atoms in total. The quantitative estimate of drug-likeness (QED) is 0.877. The maximum Gasteiger partial charge on any atom is 0.375 e. The van der Waals surface area contributed by atoms with E-state index in [0.717, 1.165) is 6.42 Å². The highest BCUT2D eigenvalue weighted by Crippen LogP contribution is 2.33. The summed E-state index contributed by atoms with van der Waals surface area (Å²) in [6.07, 6.45) is 0.806. The van der Waals surface area contributed by atoms with Gasteiger partial charge in [0.15, 0.2) is 4.60 Å². The average molecular weight is 262 g/mol. The zero-order chi connectivity index (χ0) is 10.1. The molecule has 1 atom stereocenters. The van der Waals surface area contributed by atoms with Gasteiger partial charge in [-0.2, -0.15) is 0 Å². The van der Waals surface area contributed by atoms with Gasteiger partial charge in [0.25, 0.3) is 0 Å². The molecule has 1 saturated heterocycles. The second kappa shape index (κ2) is 3.70. The van der Waals surface area contributed by atoms with E-state index < -0.39 is 5.97 Å². The minimum absolute atomic E-state index is 0.0710. The molecule has 1 aromatic rings. The van der Waals surface area contributed by atoms with E-state index in [9.17, 15) is 4.79 Å². The summed E-state index contributed by atoms with van der Waals surface area (Å²) in [5.41, 5.74) is 0.606. The number of hydrogen-bond acceptors (Lipinski definition) is 4. The molecular formula is C8H8BrNO4. The minimum atomic E-state index is -1.09. The summed E-state index contributed by atoms with van der Waals surface area (Å²) in [6.45, 7) is 1.18. The Morgan fingerprint density at radius 2 is 2.43 bits per heavy atom. The van der Waals surface area contributed by atoms with Crippen LogP contribution in [0, 0.1) is 0 Å². The Bertz CT molecular complexity index is 356. The Labute approximate surface area is 88.2 Å². The van der Waals surface area contributed by atoms with Crippen molar-refractivity contribution < 1.29 is 19.2 Å². The number of carboxylic acids is 1. The van der Waals surface area contributed by atoms with Crippen LogP contribution < -0.4 is 0 Å². The van der Waals surface area contributed by atoms with Gasteiger partial charge in [-0.15, -0.1) is 0 Å². The van der Waals surface area contributed by atoms with Gasteiger partial charge in [-0.05, 0) is 22.4 Å². The van der Waals surface area contributed by atoms with Crippen LogP contribution >= 0.6 is 15.9 Å². The smallest absolute Gasteiger partial charge is 0.375 e. The third-order valence-electron chi connectivity index (χ3n) is 2.22. The van der Waals surface area contributed by atoms with Crippen LogP contribution in [0.25, 0.3) is 0 Å². The molecule has 0 aliphatic carbocycles. The van der Waals surface area contributed by atoms with Gasteiger partial charge >= 0.3 is 5.97 Å². The van der Waals surface area contributed by atoms with Gasteiger partial charge in [0.2, 0.25) is 5.76 Å². The number of carbonyl (C=O) groups is 1. The van der Waals surface area contributed by atoms with E-state index in [0.29, 0.717) is 23.4 Å². The van der Waals surface area contributed by atoms with Crippen molar-refractivity contribution in [1.82, 2.24) is 5.16 Å². The molecule has 0 radical (unpaired) electrons. The fourth-order valence-electron chi connectivity index (χ4n) is 1.55. The van der Waals surface area contributed by atoms with E-state index in [4.69, 9.17) is 14.4 Å². The van der Waals surface area contributed by atoms with Crippen molar-refractivity contribution in [2.24, 2.45) is 0 Å². The van der Waals surface area contributed by atoms with Crippen LogP contribution in [-0.2, 0) is 4.74 Å². The molecule has 2 rings (SSSR count). The first-order valence-electron chi connectivity index (χ1n) is 4.16. The minimum Gasteiger partial charge on any atom is -0.475 e. The molecular weight excluding hydrogens is 254 g/mol. The van der Waals surface area contributed by atoms with Crippen LogP contribution in [-0.4, -0.2) is 29.4 Å². The van der Waals surface area contributed by atoms with Crippen molar-refractivity contribution in [3.63, 3.8) is 0 Å². The number of ether oxygens (including phenoxy) is 1. The number of halogens is 1. The van der Waals surface area contributed by atoms with Crippen molar-refractivity contribution in [3.8, 4) is 0 Å². The lowest BCUT2D eigenvalue weighted by molar-refractivity contribution is 0.0649. The van der Waals surface area contributed by atoms with Gasteiger partial charge in [0.1, 0.15) is 0 Å². The van der Waals surface area contributed by atoms with Crippen molar-refractivity contribution >= 4 is 21.9 Å². The van der Waals surface area contributed by atoms with Gasteiger partial charge in [0.05, 0.1) is 6.61 Å². The van der Waals surface area contributed by atoms with E-state index in [-0.39, 0.29) is 11.7 Å². The molecule has 1 fully saturated rings. The number of aromatic carboxylic acids is 1. The topological polar surface area (TPSA) is 72.6 Å². The molecule has 0 aromatic carbocycles. The summed E-state index contributed by atoms with van der Waals surface area (Å²) < 4.78 is 10.4. The Balaban J connectivity index is 2.38. The summed E-state index contributed by atoms with van der Waals surface area (Å²) in [4.78, 5) is 10.8. The lowest BCUT2D eigenvalue weighted by atomic mass is 10.00. The van der Waals surface area contributed by atoms with E-state index in [1.54, 1.807) is 0 Å². The van der Waals surface area contributed by atoms with Crippen molar-refractivity contribution in [2.45, 2.75) is 12.3 Å². The second-order valence-corrected chi connectivity index (χ2v) is 3.83. The molecule has 2 heterocycles. The largest absolute Gasteiger partial charge is 0.475 e. The molecule has 1 aliphatic heterocycles. The van der Waals surface area contributed by atoms with Crippen LogP contribution in [0.2, 0.25) is 0 Å². The van der Waals surface area contributed by atoms with Crippen LogP contribution in [0.4, 0.5) is 0 Å². The first kappa shape index (κ1) is 9.67. The number of hydrogen-bond donors (Lipinski definition) is 1. The third kappa shape index (κ3) is 1.55. The van der Waals surface area contributed by atoms with Crippen molar-refractivity contribution in [2.75, 3.05) is 13.2 Å². The van der Waals surface area contributed by atoms with Gasteiger partial charge in [-0.25, -0.2) is 4.79 Å². The lowest BCUT2D eigenvalue weighted by Crippen LogP contribution is -2.05. The molecule has 14 heavy (non-hydrogen) atoms. The standard InChI is InChI=1S/C8H8BrNO4/c9-7-5(4-1-2-13-3-4)6(8(11)12)14-10-7/h4H,1-3H2,(H,11,12). The highest BCUT2D eigenvalue weighted by Gasteiger charge is 2.29. The van der Waals surface area contributed by atoms with E-state index in [1.165, 1.54) is 0 Å². The third-order valence-corrected chi connectivity index (χ3v) is 2.79. The summed E-state index contributed by atoms with van der Waals surface area (Å²) in [5, 5.41) is 12.4. The molecule has 0 bridgehead atoms. The molecule has 0 spiro atoms. The monoisotopic (exact) mass is 261 g/mol. The van der Waals surface area contributed by atoms with Gasteiger partial charge in [-0.1, -0.05) is 5.16 Å². The predicted molar refractivity (Wildman–Crippen MR) is 49.3 cm³/mol. The number of nitrogens with zero attached hydrogens (tertiary/aromatic N) is 1. The SMILES string of the molecule is O=C(O)c1onc(Br)c1C1CCOC1. The molecule has 76 valence electrons. The summed E-state index contributed by atoms with van der Waals surface area (Å²) in [5.74, 6) is -1.11. The van der Waals surface area contributed by atoms with Crippen LogP contribution in [0.15, 0.2) is 9.13 Å². The summed E-state index contributed by atoms with van der Waals surface area (Å²) in [7, 11) is 0. The highest BCUT2D eigenvalue weighted by atomic mass is 79.9. The zero-order valence-electron chi connectivity index (χ0n) is 7.20. The predicted octanol–water partition coefficient (Wildman–Crippen LogP) is 1.64.